The van der Waals surface area contributed by atoms with Gasteiger partial charge in [0.2, 0.25) is 0 Å². The molecule has 0 bridgehead atoms. The molecular formula is C34H41N5O5. The van der Waals surface area contributed by atoms with E-state index in [1.807, 2.05) is 41.3 Å². The molecule has 0 spiro atoms. The number of ether oxygens (including phenoxy) is 2. The number of rotatable bonds is 8. The minimum absolute atomic E-state index is 0.00474. The number of carbonyl (C=O) groups is 3. The molecule has 3 aromatic rings. The molecule has 1 heterocycles. The maximum atomic E-state index is 13.5. The summed E-state index contributed by atoms with van der Waals surface area (Å²) >= 11 is 0. The molecule has 0 radical (unpaired) electrons. The van der Waals surface area contributed by atoms with Crippen molar-refractivity contribution in [3.8, 4) is 11.5 Å². The Morgan fingerprint density at radius 1 is 0.750 bits per heavy atom. The Bertz CT molecular complexity index is 1470. The maximum absolute atomic E-state index is 13.5. The van der Waals surface area contributed by atoms with Crippen LogP contribution in [0, 0.1) is 0 Å². The third-order valence-corrected chi connectivity index (χ3v) is 8.40. The SMILES string of the molecule is COc1ccc(C(=O)Nc2cc(C(=O)NC3CCC(N)CC3)ccc2N2CCCN(C(=O)c3ccccc3)CC2)cc1OC. The fourth-order valence-corrected chi connectivity index (χ4v) is 5.88. The van der Waals surface area contributed by atoms with E-state index < -0.39 is 0 Å². The van der Waals surface area contributed by atoms with Gasteiger partial charge in [-0.15, -0.1) is 0 Å². The Balaban J connectivity index is 1.38. The van der Waals surface area contributed by atoms with Gasteiger partial charge >= 0.3 is 0 Å². The van der Waals surface area contributed by atoms with E-state index in [1.165, 1.54) is 14.2 Å². The highest BCUT2D eigenvalue weighted by atomic mass is 16.5. The number of nitrogens with one attached hydrogen (secondary N) is 2. The molecule has 2 fully saturated rings. The summed E-state index contributed by atoms with van der Waals surface area (Å²) in [6, 6.07) is 19.9. The van der Waals surface area contributed by atoms with Crippen molar-refractivity contribution in [3.63, 3.8) is 0 Å². The van der Waals surface area contributed by atoms with Gasteiger partial charge in [-0.05, 0) is 80.6 Å². The van der Waals surface area contributed by atoms with Crippen LogP contribution < -0.4 is 30.7 Å². The molecule has 1 aliphatic heterocycles. The molecule has 2 aliphatic rings. The maximum Gasteiger partial charge on any atom is 0.255 e. The molecule has 0 unspecified atom stereocenters. The van der Waals surface area contributed by atoms with Crippen LogP contribution in [0.2, 0.25) is 0 Å². The second-order valence-corrected chi connectivity index (χ2v) is 11.3. The van der Waals surface area contributed by atoms with Gasteiger partial charge in [-0.3, -0.25) is 14.4 Å². The summed E-state index contributed by atoms with van der Waals surface area (Å²) in [5.41, 5.74) is 8.86. The minimum atomic E-state index is -0.346. The van der Waals surface area contributed by atoms with Crippen LogP contribution in [0.25, 0.3) is 0 Å². The van der Waals surface area contributed by atoms with Crippen LogP contribution in [0.4, 0.5) is 11.4 Å². The van der Waals surface area contributed by atoms with Crippen molar-refractivity contribution in [1.29, 1.82) is 0 Å². The standard InChI is InChI=1S/C34H41N5O5/c1-43-30-16-10-25(22-31(30)44-2)33(41)37-28-21-24(32(40)36-27-13-11-26(35)12-14-27)9-15-29(28)38-17-6-18-39(20-19-38)34(42)23-7-4-3-5-8-23/h3-5,7-10,15-16,21-22,26-27H,6,11-14,17-20,35H2,1-2H3,(H,36,40)(H,37,41). The minimum Gasteiger partial charge on any atom is -0.493 e. The van der Waals surface area contributed by atoms with Gasteiger partial charge in [0, 0.05) is 55.0 Å². The van der Waals surface area contributed by atoms with E-state index in [9.17, 15) is 14.4 Å². The first-order valence-electron chi connectivity index (χ1n) is 15.2. The van der Waals surface area contributed by atoms with E-state index in [4.69, 9.17) is 15.2 Å². The fraction of sp³-hybridized carbons (Fsp3) is 0.382. The van der Waals surface area contributed by atoms with Gasteiger partial charge in [0.25, 0.3) is 17.7 Å². The first-order chi connectivity index (χ1) is 21.4. The van der Waals surface area contributed by atoms with Crippen LogP contribution in [-0.2, 0) is 0 Å². The first kappa shape index (κ1) is 30.9. The van der Waals surface area contributed by atoms with Gasteiger partial charge in [-0.25, -0.2) is 0 Å². The van der Waals surface area contributed by atoms with E-state index in [-0.39, 0.29) is 29.8 Å². The number of benzene rings is 3. The average Bonchev–Trinajstić information content (AvgIpc) is 3.31. The smallest absolute Gasteiger partial charge is 0.255 e. The van der Waals surface area contributed by atoms with Crippen molar-refractivity contribution < 1.29 is 23.9 Å². The van der Waals surface area contributed by atoms with Crippen molar-refractivity contribution >= 4 is 29.1 Å². The second-order valence-electron chi connectivity index (χ2n) is 11.3. The van der Waals surface area contributed by atoms with Crippen LogP contribution in [-0.4, -0.2) is 75.1 Å². The van der Waals surface area contributed by atoms with Gasteiger partial charge in [0.05, 0.1) is 25.6 Å². The monoisotopic (exact) mass is 599 g/mol. The molecule has 0 aromatic heterocycles. The molecular weight excluding hydrogens is 558 g/mol. The lowest BCUT2D eigenvalue weighted by Crippen LogP contribution is -2.40. The predicted octanol–water partition coefficient (Wildman–Crippen LogP) is 4.31. The Morgan fingerprint density at radius 3 is 2.18 bits per heavy atom. The normalized spacial score (nSPS) is 18.6. The van der Waals surface area contributed by atoms with E-state index in [2.05, 4.69) is 15.5 Å². The molecule has 1 saturated heterocycles. The van der Waals surface area contributed by atoms with E-state index in [0.717, 1.165) is 37.8 Å². The van der Waals surface area contributed by atoms with Crippen LogP contribution in [0.5, 0.6) is 11.5 Å². The van der Waals surface area contributed by atoms with Gasteiger partial charge in [0.15, 0.2) is 11.5 Å². The lowest BCUT2D eigenvalue weighted by atomic mass is 9.91. The third kappa shape index (κ3) is 7.31. The number of anilines is 2. The molecule has 1 aliphatic carbocycles. The number of carbonyl (C=O) groups excluding carboxylic acids is 3. The molecule has 232 valence electrons. The molecule has 44 heavy (non-hydrogen) atoms. The van der Waals surface area contributed by atoms with Crippen molar-refractivity contribution in [2.45, 2.75) is 44.2 Å². The highest BCUT2D eigenvalue weighted by molar-refractivity contribution is 6.07. The molecule has 4 N–H and O–H groups in total. The van der Waals surface area contributed by atoms with Gasteiger partial charge in [-0.1, -0.05) is 18.2 Å². The predicted molar refractivity (Wildman–Crippen MR) is 171 cm³/mol. The van der Waals surface area contributed by atoms with Crippen LogP contribution in [0.1, 0.15) is 63.2 Å². The van der Waals surface area contributed by atoms with Gasteiger partial charge in [-0.2, -0.15) is 0 Å². The summed E-state index contributed by atoms with van der Waals surface area (Å²) in [5, 5.41) is 6.19. The van der Waals surface area contributed by atoms with E-state index >= 15 is 0 Å². The zero-order valence-electron chi connectivity index (χ0n) is 25.4. The zero-order chi connectivity index (χ0) is 31.1. The number of hydrogen-bond acceptors (Lipinski definition) is 7. The summed E-state index contributed by atoms with van der Waals surface area (Å²) in [5.74, 6) is 0.434. The summed E-state index contributed by atoms with van der Waals surface area (Å²) in [6.45, 7) is 2.42. The Hall–Kier alpha value is -4.57. The highest BCUT2D eigenvalue weighted by Crippen LogP contribution is 2.31. The van der Waals surface area contributed by atoms with Gasteiger partial charge < -0.3 is 35.6 Å². The summed E-state index contributed by atoms with van der Waals surface area (Å²) < 4.78 is 10.7. The largest absolute Gasteiger partial charge is 0.493 e. The van der Waals surface area contributed by atoms with Crippen molar-refractivity contribution in [3.05, 3.63) is 83.4 Å². The van der Waals surface area contributed by atoms with E-state index in [0.29, 0.717) is 60.1 Å². The summed E-state index contributed by atoms with van der Waals surface area (Å²) in [7, 11) is 3.06. The molecule has 10 nitrogen and oxygen atoms in total. The summed E-state index contributed by atoms with van der Waals surface area (Å²) in [6.07, 6.45) is 4.22. The van der Waals surface area contributed by atoms with Crippen molar-refractivity contribution in [2.75, 3.05) is 50.6 Å². The molecule has 3 amide bonds. The molecule has 10 heteroatoms. The van der Waals surface area contributed by atoms with Crippen molar-refractivity contribution in [1.82, 2.24) is 10.2 Å². The number of hydrogen-bond donors (Lipinski definition) is 3. The number of amides is 3. The average molecular weight is 600 g/mol. The Kier molecular flexibility index (Phi) is 10.0. The zero-order valence-corrected chi connectivity index (χ0v) is 25.4. The Labute approximate surface area is 258 Å². The quantitative estimate of drug-likeness (QED) is 0.352. The van der Waals surface area contributed by atoms with E-state index in [1.54, 1.807) is 30.3 Å². The lowest BCUT2D eigenvalue weighted by Gasteiger charge is -2.28. The Morgan fingerprint density at radius 2 is 1.45 bits per heavy atom. The highest BCUT2D eigenvalue weighted by Gasteiger charge is 2.25. The topological polar surface area (TPSA) is 126 Å². The van der Waals surface area contributed by atoms with Crippen LogP contribution >= 0.6 is 0 Å². The number of nitrogens with two attached hydrogens (primary N) is 1. The number of nitrogens with zero attached hydrogens (tertiary/aromatic N) is 2. The van der Waals surface area contributed by atoms with Crippen molar-refractivity contribution in [2.24, 2.45) is 5.73 Å². The molecule has 1 saturated carbocycles. The fourth-order valence-electron chi connectivity index (χ4n) is 5.88. The van der Waals surface area contributed by atoms with Crippen LogP contribution in [0.3, 0.4) is 0 Å². The number of methoxy groups -OCH3 is 2. The molecule has 3 aromatic carbocycles. The first-order valence-corrected chi connectivity index (χ1v) is 15.2. The molecule has 0 atom stereocenters. The van der Waals surface area contributed by atoms with Crippen LogP contribution in [0.15, 0.2) is 66.7 Å². The summed E-state index contributed by atoms with van der Waals surface area (Å²) in [4.78, 5) is 44.0. The molecule has 5 rings (SSSR count). The second kappa shape index (κ2) is 14.3. The third-order valence-electron chi connectivity index (χ3n) is 8.40. The van der Waals surface area contributed by atoms with Gasteiger partial charge in [0.1, 0.15) is 0 Å². The lowest BCUT2D eigenvalue weighted by molar-refractivity contribution is 0.0766.